The number of nitrogens with one attached hydrogen (secondary N) is 2. The van der Waals surface area contributed by atoms with E-state index in [2.05, 4.69) is 20.2 Å². The van der Waals surface area contributed by atoms with Crippen LogP contribution in [0.3, 0.4) is 0 Å². The van der Waals surface area contributed by atoms with E-state index in [0.29, 0.717) is 11.1 Å². The van der Waals surface area contributed by atoms with E-state index in [1.54, 1.807) is 0 Å². The molecular weight excluding hydrogens is 446 g/mol. The topological polar surface area (TPSA) is 101 Å². The molecule has 0 fully saturated rings. The number of carbonyl (C=O) groups is 1. The van der Waals surface area contributed by atoms with Crippen molar-refractivity contribution in [3.63, 3.8) is 0 Å². The summed E-state index contributed by atoms with van der Waals surface area (Å²) >= 11 is 1.08. The first-order chi connectivity index (χ1) is 14.6. The van der Waals surface area contributed by atoms with Gasteiger partial charge in [-0.3, -0.25) is 10.1 Å². The van der Waals surface area contributed by atoms with Crippen molar-refractivity contribution >= 4 is 32.4 Å². The number of benzene rings is 2. The molecule has 3 aromatic rings. The average molecular weight is 467 g/mol. The highest BCUT2D eigenvalue weighted by Gasteiger charge is 2.28. The van der Waals surface area contributed by atoms with Gasteiger partial charge in [0.25, 0.3) is 5.91 Å². The number of nitrogens with zero attached hydrogens (tertiary/aromatic N) is 2. The van der Waals surface area contributed by atoms with Crippen LogP contribution in [0.1, 0.15) is 41.7 Å². The zero-order valence-electron chi connectivity index (χ0n) is 16.9. The van der Waals surface area contributed by atoms with Crippen LogP contribution < -0.4 is 10.0 Å². The van der Waals surface area contributed by atoms with Gasteiger partial charge in [0, 0.05) is 12.0 Å². The Kier molecular flexibility index (Phi) is 6.48. The first kappa shape index (κ1) is 22.9. The van der Waals surface area contributed by atoms with Crippen LogP contribution >= 0.6 is 11.3 Å². The molecule has 2 aromatic carbocycles. The Balaban J connectivity index is 1.89. The Morgan fingerprint density at radius 1 is 1.13 bits per heavy atom. The summed E-state index contributed by atoms with van der Waals surface area (Å²) in [7, 11) is -4.09. The third-order valence-corrected chi connectivity index (χ3v) is 7.25. The lowest BCUT2D eigenvalue weighted by Gasteiger charge is -2.21. The van der Waals surface area contributed by atoms with Gasteiger partial charge in [0.05, 0.1) is 10.5 Å². The van der Waals surface area contributed by atoms with Crippen molar-refractivity contribution in [1.82, 2.24) is 14.9 Å². The summed E-state index contributed by atoms with van der Waals surface area (Å²) in [5, 5.41) is 11.1. The Bertz CT molecular complexity index is 1210. The van der Waals surface area contributed by atoms with Gasteiger partial charge in [-0.2, -0.15) is 0 Å². The highest BCUT2D eigenvalue weighted by Crippen LogP contribution is 2.34. The molecule has 1 heterocycles. The lowest BCUT2D eigenvalue weighted by molar-refractivity contribution is 0.102. The van der Waals surface area contributed by atoms with Crippen LogP contribution in [0.25, 0.3) is 0 Å². The van der Waals surface area contributed by atoms with Crippen molar-refractivity contribution in [3.8, 4) is 0 Å². The maximum atomic E-state index is 14.2. The normalized spacial score (nSPS) is 12.0. The third-order valence-electron chi connectivity index (χ3n) is 4.57. The van der Waals surface area contributed by atoms with Gasteiger partial charge in [-0.15, -0.1) is 10.2 Å². The second kappa shape index (κ2) is 8.77. The van der Waals surface area contributed by atoms with E-state index >= 15 is 0 Å². The summed E-state index contributed by atoms with van der Waals surface area (Å²) in [5.41, 5.74) is -0.270. The van der Waals surface area contributed by atoms with Gasteiger partial charge in [0.1, 0.15) is 5.01 Å². The molecular formula is C20H20F2N4O3S2. The van der Waals surface area contributed by atoms with Crippen LogP contribution in [-0.2, 0) is 15.4 Å². The molecule has 31 heavy (non-hydrogen) atoms. The molecule has 7 nitrogen and oxygen atoms in total. The van der Waals surface area contributed by atoms with Crippen molar-refractivity contribution < 1.29 is 22.0 Å². The zero-order chi connectivity index (χ0) is 22.8. The second-order valence-electron chi connectivity index (χ2n) is 7.13. The van der Waals surface area contributed by atoms with Gasteiger partial charge in [-0.05, 0) is 31.5 Å². The fourth-order valence-corrected chi connectivity index (χ4v) is 4.77. The van der Waals surface area contributed by atoms with E-state index in [1.807, 2.05) is 44.2 Å². The number of amides is 1. The second-order valence-corrected chi connectivity index (χ2v) is 9.87. The van der Waals surface area contributed by atoms with E-state index in [4.69, 9.17) is 0 Å². The molecule has 0 saturated carbocycles. The van der Waals surface area contributed by atoms with E-state index in [9.17, 15) is 22.0 Å². The molecule has 164 valence electrons. The molecule has 2 N–H and O–H groups in total. The summed E-state index contributed by atoms with van der Waals surface area (Å²) in [5.74, 6) is -3.94. The number of rotatable bonds is 7. The van der Waals surface area contributed by atoms with Crippen molar-refractivity contribution in [3.05, 3.63) is 70.2 Å². The predicted molar refractivity (Wildman–Crippen MR) is 114 cm³/mol. The molecule has 0 aliphatic rings. The summed E-state index contributed by atoms with van der Waals surface area (Å²) in [4.78, 5) is 12.0. The fraction of sp³-hybridized carbons (Fsp3) is 0.250. The van der Waals surface area contributed by atoms with E-state index in [-0.39, 0.29) is 11.7 Å². The maximum absolute atomic E-state index is 14.2. The number of aromatic nitrogens is 2. The molecule has 0 spiro atoms. The lowest BCUT2D eigenvalue weighted by atomic mass is 9.85. The molecule has 0 unspecified atom stereocenters. The van der Waals surface area contributed by atoms with Crippen molar-refractivity contribution in [2.45, 2.75) is 31.1 Å². The predicted octanol–water partition coefficient (Wildman–Crippen LogP) is 3.69. The SMILES string of the molecule is CCNS(=O)(=O)c1cc(F)c(F)c(C(=O)Nc2nnc(C(C)(C)c3ccccc3)s2)c1. The molecule has 3 rings (SSSR count). The smallest absolute Gasteiger partial charge is 0.260 e. The zero-order valence-corrected chi connectivity index (χ0v) is 18.6. The van der Waals surface area contributed by atoms with Crippen LogP contribution in [-0.4, -0.2) is 31.1 Å². The minimum absolute atomic E-state index is 0.0492. The van der Waals surface area contributed by atoms with Gasteiger partial charge in [-0.1, -0.05) is 48.6 Å². The number of carbonyl (C=O) groups excluding carboxylic acids is 1. The maximum Gasteiger partial charge on any atom is 0.260 e. The first-order valence-corrected chi connectivity index (χ1v) is 11.6. The number of hydrogen-bond donors (Lipinski definition) is 2. The number of hydrogen-bond acceptors (Lipinski definition) is 6. The number of anilines is 1. The average Bonchev–Trinajstić information content (AvgIpc) is 3.19. The summed E-state index contributed by atoms with van der Waals surface area (Å²) in [6.07, 6.45) is 0. The molecule has 1 amide bonds. The molecule has 0 saturated heterocycles. The van der Waals surface area contributed by atoms with Gasteiger partial charge < -0.3 is 0 Å². The highest BCUT2D eigenvalue weighted by molar-refractivity contribution is 7.89. The van der Waals surface area contributed by atoms with E-state index in [0.717, 1.165) is 23.0 Å². The van der Waals surface area contributed by atoms with Crippen LogP contribution in [0.5, 0.6) is 0 Å². The summed E-state index contributed by atoms with van der Waals surface area (Å²) < 4.78 is 54.6. The number of sulfonamides is 1. The Hall–Kier alpha value is -2.76. The standard InChI is InChI=1S/C20H20F2N4O3S2/c1-4-23-31(28,29)13-10-14(16(22)15(21)11-13)17(27)24-19-26-25-18(30-19)20(2,3)12-8-6-5-7-9-12/h5-11,23H,4H2,1-3H3,(H,24,26,27). The Morgan fingerprint density at radius 2 is 1.81 bits per heavy atom. The Labute approximate surface area is 182 Å². The quantitative estimate of drug-likeness (QED) is 0.553. The molecule has 0 atom stereocenters. The van der Waals surface area contributed by atoms with Gasteiger partial charge in [-0.25, -0.2) is 21.9 Å². The molecule has 0 radical (unpaired) electrons. The summed E-state index contributed by atoms with van der Waals surface area (Å²) in [6.45, 7) is 5.47. The van der Waals surface area contributed by atoms with E-state index < -0.39 is 43.4 Å². The minimum Gasteiger partial charge on any atom is -0.296 e. The highest BCUT2D eigenvalue weighted by atomic mass is 32.2. The first-order valence-electron chi connectivity index (χ1n) is 9.26. The van der Waals surface area contributed by atoms with Gasteiger partial charge in [0.2, 0.25) is 15.2 Å². The lowest BCUT2D eigenvalue weighted by Crippen LogP contribution is -2.24. The van der Waals surface area contributed by atoms with Crippen molar-refractivity contribution in [2.75, 3.05) is 11.9 Å². The largest absolute Gasteiger partial charge is 0.296 e. The molecule has 0 bridgehead atoms. The Morgan fingerprint density at radius 3 is 2.45 bits per heavy atom. The summed E-state index contributed by atoms with van der Waals surface area (Å²) in [6, 6.07) is 10.9. The van der Waals surface area contributed by atoms with Crippen LogP contribution in [0.15, 0.2) is 47.4 Å². The molecule has 1 aromatic heterocycles. The molecule has 0 aliphatic heterocycles. The van der Waals surface area contributed by atoms with Crippen LogP contribution in [0, 0.1) is 11.6 Å². The monoisotopic (exact) mass is 466 g/mol. The van der Waals surface area contributed by atoms with Crippen molar-refractivity contribution in [2.24, 2.45) is 0 Å². The third kappa shape index (κ3) is 4.78. The fourth-order valence-electron chi connectivity index (χ4n) is 2.83. The molecule has 0 aliphatic carbocycles. The van der Waals surface area contributed by atoms with Gasteiger partial charge in [0.15, 0.2) is 11.6 Å². The van der Waals surface area contributed by atoms with Gasteiger partial charge >= 0.3 is 0 Å². The van der Waals surface area contributed by atoms with Crippen LogP contribution in [0.2, 0.25) is 0 Å². The molecule has 11 heteroatoms. The van der Waals surface area contributed by atoms with Crippen LogP contribution in [0.4, 0.5) is 13.9 Å². The number of halogens is 2. The minimum atomic E-state index is -4.09. The van der Waals surface area contributed by atoms with Crippen molar-refractivity contribution in [1.29, 1.82) is 0 Å². The van der Waals surface area contributed by atoms with E-state index in [1.165, 1.54) is 6.92 Å².